The quantitative estimate of drug-likeness (QED) is 0.447. The molecule has 0 amide bonds. The summed E-state index contributed by atoms with van der Waals surface area (Å²) in [6.45, 7) is 3.31. The number of nitrogens with zero attached hydrogens (tertiary/aromatic N) is 3. The molecule has 0 aliphatic heterocycles. The molecule has 6 nitrogen and oxygen atoms in total. The van der Waals surface area contributed by atoms with E-state index in [0.717, 1.165) is 17.1 Å². The third-order valence-electron chi connectivity index (χ3n) is 4.08. The maximum Gasteiger partial charge on any atom is 0.337 e. The predicted octanol–water partition coefficient (Wildman–Crippen LogP) is 3.41. The van der Waals surface area contributed by atoms with Gasteiger partial charge in [0.05, 0.1) is 18.0 Å². The van der Waals surface area contributed by atoms with E-state index in [2.05, 4.69) is 17.2 Å². The summed E-state index contributed by atoms with van der Waals surface area (Å²) in [6, 6.07) is 14.7. The molecule has 0 aliphatic rings. The largest absolute Gasteiger partial charge is 0.662 e. The summed E-state index contributed by atoms with van der Waals surface area (Å²) >= 11 is 0. The van der Waals surface area contributed by atoms with Crippen molar-refractivity contribution >= 4 is 0 Å². The maximum atomic E-state index is 12.8. The lowest BCUT2D eigenvalue weighted by Crippen LogP contribution is -2.21. The van der Waals surface area contributed by atoms with E-state index in [1.807, 2.05) is 48.5 Å². The molecule has 1 heterocycles. The lowest BCUT2D eigenvalue weighted by atomic mass is 10.3. The van der Waals surface area contributed by atoms with Crippen LogP contribution in [-0.4, -0.2) is 35.9 Å². The monoisotopic (exact) mass is 376 g/mol. The van der Waals surface area contributed by atoms with Gasteiger partial charge in [-0.25, -0.2) is 4.79 Å². The molecule has 0 aliphatic carbocycles. The van der Waals surface area contributed by atoms with Crippen LogP contribution in [0.25, 0.3) is 16.7 Å². The minimum Gasteiger partial charge on any atom is -0.662 e. The standard InChI is InChI=1S/C22H22N3O3/c1-3-4-16-27-20-9-5-18(6-10-20)24-14-15-25(22(24)26)19-7-11-21(12-8-19)28-17-13-23-2/h5-12,14-15H,13,16-17H2,1-2H3/q-1. The van der Waals surface area contributed by atoms with E-state index < -0.39 is 0 Å². The zero-order valence-corrected chi connectivity index (χ0v) is 16.0. The number of ether oxygens (including phenoxy) is 2. The molecule has 28 heavy (non-hydrogen) atoms. The van der Waals surface area contributed by atoms with Crippen LogP contribution in [0.1, 0.15) is 6.92 Å². The predicted molar refractivity (Wildman–Crippen MR) is 110 cm³/mol. The summed E-state index contributed by atoms with van der Waals surface area (Å²) < 4.78 is 14.3. The Morgan fingerprint density at radius 2 is 1.43 bits per heavy atom. The molecular formula is C22H22N3O3-. The minimum absolute atomic E-state index is 0.149. The van der Waals surface area contributed by atoms with Gasteiger partial charge in [-0.3, -0.25) is 9.13 Å². The smallest absolute Gasteiger partial charge is 0.337 e. The first-order chi connectivity index (χ1) is 13.7. The molecular weight excluding hydrogens is 354 g/mol. The van der Waals surface area contributed by atoms with Crippen molar-refractivity contribution in [3.63, 3.8) is 0 Å². The van der Waals surface area contributed by atoms with Crippen LogP contribution in [0.5, 0.6) is 11.5 Å². The van der Waals surface area contributed by atoms with Gasteiger partial charge in [-0.2, -0.15) is 7.05 Å². The highest BCUT2D eigenvalue weighted by atomic mass is 16.5. The van der Waals surface area contributed by atoms with E-state index in [9.17, 15) is 4.79 Å². The summed E-state index contributed by atoms with van der Waals surface area (Å²) in [7, 11) is 1.76. The lowest BCUT2D eigenvalue weighted by Gasteiger charge is -2.12. The van der Waals surface area contributed by atoms with Crippen molar-refractivity contribution in [1.29, 1.82) is 0 Å². The van der Waals surface area contributed by atoms with Gasteiger partial charge in [0.1, 0.15) is 18.1 Å². The molecule has 0 fully saturated rings. The van der Waals surface area contributed by atoms with Crippen LogP contribution in [-0.2, 0) is 0 Å². The average molecular weight is 376 g/mol. The van der Waals surface area contributed by atoms with Gasteiger partial charge in [0, 0.05) is 12.4 Å². The van der Waals surface area contributed by atoms with E-state index in [0.29, 0.717) is 25.5 Å². The van der Waals surface area contributed by atoms with E-state index in [1.54, 1.807) is 35.5 Å². The van der Waals surface area contributed by atoms with Gasteiger partial charge < -0.3 is 14.8 Å². The second-order valence-electron chi connectivity index (χ2n) is 5.91. The van der Waals surface area contributed by atoms with Crippen molar-refractivity contribution in [2.75, 3.05) is 26.8 Å². The molecule has 0 N–H and O–H groups in total. The summed E-state index contributed by atoms with van der Waals surface area (Å²) in [4.78, 5) is 12.8. The van der Waals surface area contributed by atoms with Gasteiger partial charge in [-0.1, -0.05) is 5.92 Å². The number of likely N-dealkylation sites (N-methyl/N-ethyl adjacent to an activating group) is 1. The Balaban J connectivity index is 1.74. The zero-order valence-electron chi connectivity index (χ0n) is 16.0. The Labute approximate surface area is 164 Å². The summed E-state index contributed by atoms with van der Waals surface area (Å²) in [5.74, 6) is 7.10. The molecule has 2 aromatic carbocycles. The Hall–Kier alpha value is -3.43. The van der Waals surface area contributed by atoms with Gasteiger partial charge in [0.2, 0.25) is 0 Å². The Morgan fingerprint density at radius 1 is 0.893 bits per heavy atom. The van der Waals surface area contributed by atoms with Gasteiger partial charge in [0.15, 0.2) is 0 Å². The van der Waals surface area contributed by atoms with Crippen molar-refractivity contribution in [1.82, 2.24) is 9.13 Å². The molecule has 0 radical (unpaired) electrons. The first-order valence-electron chi connectivity index (χ1n) is 8.94. The molecule has 0 unspecified atom stereocenters. The van der Waals surface area contributed by atoms with Crippen LogP contribution in [0.15, 0.2) is 65.7 Å². The second kappa shape index (κ2) is 9.49. The maximum absolute atomic E-state index is 12.8. The van der Waals surface area contributed by atoms with Crippen molar-refractivity contribution in [3.05, 3.63) is 76.7 Å². The third-order valence-corrected chi connectivity index (χ3v) is 4.08. The Kier molecular flexibility index (Phi) is 6.55. The van der Waals surface area contributed by atoms with Gasteiger partial charge in [0.25, 0.3) is 0 Å². The number of imidazole rings is 1. The van der Waals surface area contributed by atoms with Gasteiger partial charge >= 0.3 is 5.69 Å². The molecule has 0 bridgehead atoms. The van der Waals surface area contributed by atoms with Crippen LogP contribution >= 0.6 is 0 Å². The fraction of sp³-hybridized carbons (Fsp3) is 0.227. The molecule has 3 aromatic rings. The van der Waals surface area contributed by atoms with Crippen molar-refractivity contribution in [2.45, 2.75) is 6.92 Å². The van der Waals surface area contributed by atoms with Crippen molar-refractivity contribution in [2.24, 2.45) is 0 Å². The van der Waals surface area contributed by atoms with Gasteiger partial charge in [-0.15, -0.1) is 12.5 Å². The first-order valence-corrected chi connectivity index (χ1v) is 8.94. The van der Waals surface area contributed by atoms with E-state index in [1.165, 1.54) is 0 Å². The SMILES string of the molecule is CC#CCOc1ccc(-n2ccn(-c3ccc(OCC[N-]C)cc3)c2=O)cc1. The second-order valence-corrected chi connectivity index (χ2v) is 5.91. The molecule has 3 rings (SSSR count). The van der Waals surface area contributed by atoms with Crippen molar-refractivity contribution in [3.8, 4) is 34.7 Å². The fourth-order valence-corrected chi connectivity index (χ4v) is 2.62. The first kappa shape index (κ1) is 19.3. The number of aromatic nitrogens is 2. The molecule has 6 heteroatoms. The molecule has 0 saturated heterocycles. The molecule has 0 saturated carbocycles. The van der Waals surface area contributed by atoms with E-state index in [4.69, 9.17) is 9.47 Å². The molecule has 0 spiro atoms. The fourth-order valence-electron chi connectivity index (χ4n) is 2.62. The van der Waals surface area contributed by atoms with E-state index in [-0.39, 0.29) is 5.69 Å². The number of benzene rings is 2. The molecule has 0 atom stereocenters. The van der Waals surface area contributed by atoms with Crippen LogP contribution in [0, 0.1) is 11.8 Å². The number of hydrogen-bond donors (Lipinski definition) is 0. The minimum atomic E-state index is -0.149. The summed E-state index contributed by atoms with van der Waals surface area (Å²) in [5.41, 5.74) is 1.39. The van der Waals surface area contributed by atoms with Crippen LogP contribution in [0.3, 0.4) is 0 Å². The summed E-state index contributed by atoms with van der Waals surface area (Å²) in [6.07, 6.45) is 3.49. The highest BCUT2D eigenvalue weighted by molar-refractivity contribution is 5.40. The topological polar surface area (TPSA) is 59.5 Å². The molecule has 144 valence electrons. The zero-order chi connectivity index (χ0) is 19.8. The van der Waals surface area contributed by atoms with Gasteiger partial charge in [-0.05, 0) is 55.5 Å². The van der Waals surface area contributed by atoms with E-state index >= 15 is 0 Å². The molecule has 1 aromatic heterocycles. The third kappa shape index (κ3) is 4.64. The highest BCUT2D eigenvalue weighted by Crippen LogP contribution is 2.17. The Morgan fingerprint density at radius 3 is 1.93 bits per heavy atom. The van der Waals surface area contributed by atoms with Crippen LogP contribution in [0.4, 0.5) is 0 Å². The lowest BCUT2D eigenvalue weighted by molar-refractivity contribution is 0.334. The normalized spacial score (nSPS) is 10.2. The summed E-state index contributed by atoms with van der Waals surface area (Å²) in [5, 5.41) is 4.00. The van der Waals surface area contributed by atoms with Crippen LogP contribution < -0.4 is 15.2 Å². The Bertz CT molecular complexity index is 1010. The number of hydrogen-bond acceptors (Lipinski definition) is 3. The average Bonchev–Trinajstić information content (AvgIpc) is 3.11. The highest BCUT2D eigenvalue weighted by Gasteiger charge is 2.07. The number of rotatable bonds is 8. The van der Waals surface area contributed by atoms with Crippen LogP contribution in [0.2, 0.25) is 0 Å². The van der Waals surface area contributed by atoms with Crippen molar-refractivity contribution < 1.29 is 9.47 Å².